The van der Waals surface area contributed by atoms with Gasteiger partial charge in [-0.15, -0.1) is 12.6 Å². The first kappa shape index (κ1) is 11.5. The van der Waals surface area contributed by atoms with Gasteiger partial charge in [-0.25, -0.2) is 4.98 Å². The Kier molecular flexibility index (Phi) is 3.20. The molecule has 16 heavy (non-hydrogen) atoms. The Morgan fingerprint density at radius 3 is 2.94 bits per heavy atom. The molecule has 0 bridgehead atoms. The lowest BCUT2D eigenvalue weighted by molar-refractivity contribution is 0.339. The van der Waals surface area contributed by atoms with E-state index in [1.807, 2.05) is 6.07 Å². The van der Waals surface area contributed by atoms with Crippen LogP contribution in [0.5, 0.6) is 0 Å². The van der Waals surface area contributed by atoms with Crippen LogP contribution in [0.15, 0.2) is 11.1 Å². The SMILES string of the molecule is CC(C)C1CCc2nc(S)c(C#N)cc2C1. The van der Waals surface area contributed by atoms with E-state index in [9.17, 15) is 0 Å². The van der Waals surface area contributed by atoms with Gasteiger partial charge in [0.2, 0.25) is 0 Å². The van der Waals surface area contributed by atoms with Gasteiger partial charge in [0.05, 0.1) is 5.56 Å². The van der Waals surface area contributed by atoms with Crippen molar-refractivity contribution in [1.82, 2.24) is 4.98 Å². The van der Waals surface area contributed by atoms with Gasteiger partial charge >= 0.3 is 0 Å². The minimum absolute atomic E-state index is 0.573. The molecule has 1 atom stereocenters. The van der Waals surface area contributed by atoms with Crippen LogP contribution in [0.3, 0.4) is 0 Å². The van der Waals surface area contributed by atoms with Crippen molar-refractivity contribution in [3.63, 3.8) is 0 Å². The molecule has 2 rings (SSSR count). The molecule has 0 radical (unpaired) electrons. The average molecular weight is 232 g/mol. The van der Waals surface area contributed by atoms with Crippen LogP contribution in [0, 0.1) is 23.2 Å². The monoisotopic (exact) mass is 232 g/mol. The van der Waals surface area contributed by atoms with Gasteiger partial charge in [0.15, 0.2) is 0 Å². The van der Waals surface area contributed by atoms with Gasteiger partial charge in [0, 0.05) is 5.69 Å². The number of rotatable bonds is 1. The maximum atomic E-state index is 8.96. The summed E-state index contributed by atoms with van der Waals surface area (Å²) in [6, 6.07) is 4.12. The summed E-state index contributed by atoms with van der Waals surface area (Å²) in [5, 5.41) is 9.53. The van der Waals surface area contributed by atoms with Crippen molar-refractivity contribution in [1.29, 1.82) is 5.26 Å². The topological polar surface area (TPSA) is 36.7 Å². The summed E-state index contributed by atoms with van der Waals surface area (Å²) in [6.45, 7) is 4.53. The molecule has 84 valence electrons. The van der Waals surface area contributed by atoms with Crippen LogP contribution in [0.1, 0.15) is 37.1 Å². The summed E-state index contributed by atoms with van der Waals surface area (Å²) in [6.07, 6.45) is 3.29. The number of pyridine rings is 1. The highest BCUT2D eigenvalue weighted by Gasteiger charge is 2.23. The molecule has 1 aromatic heterocycles. The summed E-state index contributed by atoms with van der Waals surface area (Å²) in [5.41, 5.74) is 2.99. The van der Waals surface area contributed by atoms with E-state index in [1.165, 1.54) is 12.0 Å². The molecule has 0 N–H and O–H groups in total. The first-order valence-electron chi connectivity index (χ1n) is 5.73. The fourth-order valence-corrected chi connectivity index (χ4v) is 2.57. The Morgan fingerprint density at radius 2 is 2.31 bits per heavy atom. The van der Waals surface area contributed by atoms with Gasteiger partial charge in [-0.2, -0.15) is 5.26 Å². The Hall–Kier alpha value is -1.01. The van der Waals surface area contributed by atoms with Gasteiger partial charge < -0.3 is 0 Å². The highest BCUT2D eigenvalue weighted by molar-refractivity contribution is 7.80. The number of hydrogen-bond donors (Lipinski definition) is 1. The molecule has 1 aliphatic rings. The molecule has 1 heterocycles. The van der Waals surface area contributed by atoms with Gasteiger partial charge in [0.1, 0.15) is 11.1 Å². The fourth-order valence-electron chi connectivity index (χ4n) is 2.33. The van der Waals surface area contributed by atoms with Crippen LogP contribution in [0.4, 0.5) is 0 Å². The molecule has 3 heteroatoms. The molecule has 0 saturated heterocycles. The standard InChI is InChI=1S/C13H16N2S/c1-8(2)9-3-4-12-10(5-9)6-11(7-14)13(16)15-12/h6,8-9H,3-5H2,1-2H3,(H,15,16). The number of aryl methyl sites for hydroxylation is 1. The predicted octanol–water partition coefficient (Wildman–Crippen LogP) is 3.00. The van der Waals surface area contributed by atoms with Crippen LogP contribution < -0.4 is 0 Å². The molecule has 1 aliphatic carbocycles. The first-order valence-corrected chi connectivity index (χ1v) is 6.18. The third kappa shape index (κ3) is 2.08. The second kappa shape index (κ2) is 4.47. The van der Waals surface area contributed by atoms with Crippen LogP contribution in [0.2, 0.25) is 0 Å². The lowest BCUT2D eigenvalue weighted by Gasteiger charge is -2.27. The number of hydrogen-bond acceptors (Lipinski definition) is 3. The van der Waals surface area contributed by atoms with Crippen molar-refractivity contribution in [3.8, 4) is 6.07 Å². The smallest absolute Gasteiger partial charge is 0.111 e. The van der Waals surface area contributed by atoms with E-state index in [1.54, 1.807) is 0 Å². The number of nitriles is 1. The second-order valence-electron chi connectivity index (χ2n) is 4.82. The number of thiol groups is 1. The summed E-state index contributed by atoms with van der Waals surface area (Å²) >= 11 is 4.24. The lowest BCUT2D eigenvalue weighted by atomic mass is 9.80. The lowest BCUT2D eigenvalue weighted by Crippen LogP contribution is -2.20. The summed E-state index contributed by atoms with van der Waals surface area (Å²) in [4.78, 5) is 4.42. The van der Waals surface area contributed by atoms with Crippen molar-refractivity contribution in [2.24, 2.45) is 11.8 Å². The predicted molar refractivity (Wildman–Crippen MR) is 66.6 cm³/mol. The molecule has 0 aliphatic heterocycles. The van der Waals surface area contributed by atoms with Crippen molar-refractivity contribution in [2.75, 3.05) is 0 Å². The van der Waals surface area contributed by atoms with E-state index in [0.717, 1.165) is 24.5 Å². The third-order valence-corrected chi connectivity index (χ3v) is 3.81. The number of aromatic nitrogens is 1. The van der Waals surface area contributed by atoms with Crippen LogP contribution in [0.25, 0.3) is 0 Å². The zero-order valence-electron chi connectivity index (χ0n) is 9.70. The molecule has 0 spiro atoms. The van der Waals surface area contributed by atoms with Gasteiger partial charge in [-0.05, 0) is 42.7 Å². The zero-order valence-corrected chi connectivity index (χ0v) is 10.6. The van der Waals surface area contributed by atoms with Crippen molar-refractivity contribution >= 4 is 12.6 Å². The maximum absolute atomic E-state index is 8.96. The molecule has 0 aromatic carbocycles. The maximum Gasteiger partial charge on any atom is 0.111 e. The highest BCUT2D eigenvalue weighted by Crippen LogP contribution is 2.30. The van der Waals surface area contributed by atoms with E-state index >= 15 is 0 Å². The highest BCUT2D eigenvalue weighted by atomic mass is 32.1. The molecular weight excluding hydrogens is 216 g/mol. The van der Waals surface area contributed by atoms with Crippen molar-refractivity contribution in [3.05, 3.63) is 22.9 Å². The van der Waals surface area contributed by atoms with Gasteiger partial charge in [0.25, 0.3) is 0 Å². The van der Waals surface area contributed by atoms with Crippen LogP contribution in [-0.2, 0) is 12.8 Å². The fraction of sp³-hybridized carbons (Fsp3) is 0.538. The van der Waals surface area contributed by atoms with Crippen molar-refractivity contribution in [2.45, 2.75) is 38.1 Å². The number of fused-ring (bicyclic) bond motifs is 1. The Morgan fingerprint density at radius 1 is 1.56 bits per heavy atom. The molecule has 0 amide bonds. The van der Waals surface area contributed by atoms with E-state index < -0.39 is 0 Å². The quantitative estimate of drug-likeness (QED) is 0.756. The molecular formula is C13H16N2S. The van der Waals surface area contributed by atoms with Crippen molar-refractivity contribution < 1.29 is 0 Å². The normalized spacial score (nSPS) is 19.3. The Bertz CT molecular complexity index is 446. The van der Waals surface area contributed by atoms with E-state index in [4.69, 9.17) is 5.26 Å². The largest absolute Gasteiger partial charge is 0.245 e. The van der Waals surface area contributed by atoms with E-state index in [0.29, 0.717) is 16.5 Å². The molecule has 1 unspecified atom stereocenters. The Labute approximate surface area is 102 Å². The van der Waals surface area contributed by atoms with Gasteiger partial charge in [-0.3, -0.25) is 0 Å². The minimum Gasteiger partial charge on any atom is -0.245 e. The van der Waals surface area contributed by atoms with E-state index in [-0.39, 0.29) is 0 Å². The number of nitrogens with zero attached hydrogens (tertiary/aromatic N) is 2. The molecule has 1 aromatic rings. The summed E-state index contributed by atoms with van der Waals surface area (Å²) in [7, 11) is 0. The average Bonchev–Trinajstić information content (AvgIpc) is 2.27. The van der Waals surface area contributed by atoms with Gasteiger partial charge in [-0.1, -0.05) is 13.8 Å². The molecule has 2 nitrogen and oxygen atoms in total. The first-order chi connectivity index (χ1) is 7.61. The molecule has 0 fully saturated rings. The zero-order chi connectivity index (χ0) is 11.7. The second-order valence-corrected chi connectivity index (χ2v) is 5.25. The molecule has 0 saturated carbocycles. The van der Waals surface area contributed by atoms with Crippen LogP contribution >= 0.6 is 12.6 Å². The van der Waals surface area contributed by atoms with Crippen LogP contribution in [-0.4, -0.2) is 4.98 Å². The Balaban J connectivity index is 2.35. The van der Waals surface area contributed by atoms with E-state index in [2.05, 4.69) is 37.5 Å². The summed E-state index contributed by atoms with van der Waals surface area (Å²) < 4.78 is 0. The third-order valence-electron chi connectivity index (χ3n) is 3.47. The summed E-state index contributed by atoms with van der Waals surface area (Å²) in [5.74, 6) is 1.43. The minimum atomic E-state index is 0.573.